The van der Waals surface area contributed by atoms with Gasteiger partial charge in [-0.2, -0.15) is 0 Å². The summed E-state index contributed by atoms with van der Waals surface area (Å²) in [6, 6.07) is 7.83. The first-order valence-electron chi connectivity index (χ1n) is 8.82. The number of ether oxygens (including phenoxy) is 1. The Morgan fingerprint density at radius 1 is 1.09 bits per heavy atom. The summed E-state index contributed by atoms with van der Waals surface area (Å²) in [7, 11) is 0. The van der Waals surface area contributed by atoms with E-state index >= 15 is 0 Å². The number of carbonyl (C=O) groups is 1. The van der Waals surface area contributed by atoms with E-state index in [1.165, 1.54) is 50.5 Å². The van der Waals surface area contributed by atoms with E-state index in [0.717, 1.165) is 11.3 Å². The van der Waals surface area contributed by atoms with Gasteiger partial charge in [-0.15, -0.1) is 0 Å². The van der Waals surface area contributed by atoms with Gasteiger partial charge in [-0.25, -0.2) is 0 Å². The molecule has 0 unspecified atom stereocenters. The Labute approximate surface area is 139 Å². The molecule has 126 valence electrons. The molecule has 1 aromatic carbocycles. The number of allylic oxidation sites excluding steroid dienone is 1. The van der Waals surface area contributed by atoms with E-state index < -0.39 is 5.97 Å². The molecule has 23 heavy (non-hydrogen) atoms. The smallest absolute Gasteiger partial charge is 0.303 e. The summed E-state index contributed by atoms with van der Waals surface area (Å²) in [5, 5.41) is 8.71. The molecule has 0 saturated carbocycles. The van der Waals surface area contributed by atoms with Crippen LogP contribution in [0.4, 0.5) is 0 Å². The number of carboxylic acids is 1. The normalized spacial score (nSPS) is 14.8. The first-order valence-corrected chi connectivity index (χ1v) is 8.82. The molecule has 1 N–H and O–H groups in total. The minimum absolute atomic E-state index is 0.174. The van der Waals surface area contributed by atoms with Gasteiger partial charge in [0.2, 0.25) is 0 Å². The van der Waals surface area contributed by atoms with Gasteiger partial charge in [-0.1, -0.05) is 31.1 Å². The van der Waals surface area contributed by atoms with Gasteiger partial charge < -0.3 is 9.84 Å². The van der Waals surface area contributed by atoms with Crippen molar-refractivity contribution in [3.8, 4) is 5.75 Å². The first-order chi connectivity index (χ1) is 11.2. The Morgan fingerprint density at radius 2 is 1.78 bits per heavy atom. The predicted molar refractivity (Wildman–Crippen MR) is 92.9 cm³/mol. The number of carboxylic acid groups (broad SMARTS) is 1. The van der Waals surface area contributed by atoms with Crippen LogP contribution in [0.2, 0.25) is 0 Å². The van der Waals surface area contributed by atoms with Crippen molar-refractivity contribution in [1.29, 1.82) is 0 Å². The molecule has 0 radical (unpaired) electrons. The Kier molecular flexibility index (Phi) is 7.18. The third-order valence-corrected chi connectivity index (χ3v) is 4.50. The fraction of sp³-hybridized carbons (Fsp3) is 0.550. The maximum absolute atomic E-state index is 10.6. The second kappa shape index (κ2) is 9.39. The molecule has 0 spiro atoms. The average Bonchev–Trinajstić information content (AvgIpc) is 2.58. The lowest BCUT2D eigenvalue weighted by atomic mass is 9.89. The van der Waals surface area contributed by atoms with Crippen molar-refractivity contribution in [1.82, 2.24) is 0 Å². The summed E-state index contributed by atoms with van der Waals surface area (Å²) < 4.78 is 5.96. The van der Waals surface area contributed by atoms with Crippen molar-refractivity contribution < 1.29 is 14.6 Å². The van der Waals surface area contributed by atoms with E-state index in [-0.39, 0.29) is 6.42 Å². The number of rotatable bonds is 9. The lowest BCUT2D eigenvalue weighted by Crippen LogP contribution is -2.09. The molecule has 0 amide bonds. The van der Waals surface area contributed by atoms with Gasteiger partial charge in [0.15, 0.2) is 0 Å². The molecule has 2 rings (SSSR count). The van der Waals surface area contributed by atoms with Crippen LogP contribution in [0, 0.1) is 0 Å². The van der Waals surface area contributed by atoms with Crippen LogP contribution in [-0.2, 0) is 11.2 Å². The van der Waals surface area contributed by atoms with Crippen molar-refractivity contribution in [3.05, 3.63) is 41.0 Å². The van der Waals surface area contributed by atoms with Crippen LogP contribution in [0.1, 0.15) is 63.9 Å². The quantitative estimate of drug-likeness (QED) is 0.641. The van der Waals surface area contributed by atoms with Gasteiger partial charge in [-0.3, -0.25) is 4.79 Å². The van der Waals surface area contributed by atoms with E-state index in [4.69, 9.17) is 9.84 Å². The van der Waals surface area contributed by atoms with Crippen LogP contribution in [0.15, 0.2) is 35.4 Å². The van der Waals surface area contributed by atoms with E-state index in [2.05, 4.69) is 6.92 Å². The highest BCUT2D eigenvalue weighted by Gasteiger charge is 2.13. The van der Waals surface area contributed by atoms with Gasteiger partial charge in [-0.05, 0) is 68.2 Å². The average molecular weight is 316 g/mol. The largest absolute Gasteiger partial charge is 0.489 e. The van der Waals surface area contributed by atoms with E-state index in [0.29, 0.717) is 13.0 Å². The lowest BCUT2D eigenvalue weighted by molar-refractivity contribution is -0.136. The maximum Gasteiger partial charge on any atom is 0.303 e. The Bertz CT molecular complexity index is 528. The summed E-state index contributed by atoms with van der Waals surface area (Å²) in [5.41, 5.74) is 4.16. The number of benzene rings is 1. The van der Waals surface area contributed by atoms with Crippen molar-refractivity contribution in [3.63, 3.8) is 0 Å². The zero-order valence-electron chi connectivity index (χ0n) is 14.1. The van der Waals surface area contributed by atoms with Gasteiger partial charge in [0.05, 0.1) is 0 Å². The molecule has 0 saturated heterocycles. The van der Waals surface area contributed by atoms with Gasteiger partial charge in [0.25, 0.3) is 0 Å². The SMILES string of the molecule is CCCCC1=C(COc2ccc(CCC(=O)O)cc2)CCCC1. The summed E-state index contributed by atoms with van der Waals surface area (Å²) in [6.07, 6.45) is 9.51. The van der Waals surface area contributed by atoms with Crippen LogP contribution in [0.5, 0.6) is 5.75 Å². The number of aliphatic carboxylic acids is 1. The molecule has 0 aliphatic heterocycles. The highest BCUT2D eigenvalue weighted by Crippen LogP contribution is 2.29. The van der Waals surface area contributed by atoms with Crippen molar-refractivity contribution in [2.75, 3.05) is 6.61 Å². The highest BCUT2D eigenvalue weighted by atomic mass is 16.5. The molecule has 0 atom stereocenters. The number of hydrogen-bond donors (Lipinski definition) is 1. The molecule has 3 heteroatoms. The molecular weight excluding hydrogens is 288 g/mol. The molecule has 0 fully saturated rings. The monoisotopic (exact) mass is 316 g/mol. The molecule has 0 heterocycles. The first kappa shape index (κ1) is 17.6. The summed E-state index contributed by atoms with van der Waals surface area (Å²) in [5.74, 6) is 0.117. The second-order valence-electron chi connectivity index (χ2n) is 6.34. The Balaban J connectivity index is 1.88. The molecule has 1 aromatic rings. The van der Waals surface area contributed by atoms with E-state index in [1.54, 1.807) is 5.57 Å². The van der Waals surface area contributed by atoms with Crippen LogP contribution < -0.4 is 4.74 Å². The van der Waals surface area contributed by atoms with Crippen molar-refractivity contribution >= 4 is 5.97 Å². The van der Waals surface area contributed by atoms with Crippen LogP contribution >= 0.6 is 0 Å². The molecule has 1 aliphatic carbocycles. The number of unbranched alkanes of at least 4 members (excludes halogenated alkanes) is 1. The summed E-state index contributed by atoms with van der Waals surface area (Å²) >= 11 is 0. The molecule has 0 bridgehead atoms. The summed E-state index contributed by atoms with van der Waals surface area (Å²) in [4.78, 5) is 10.6. The standard InChI is InChI=1S/C20H28O3/c1-2-3-6-17-7-4-5-8-18(17)15-23-19-12-9-16(10-13-19)11-14-20(21)22/h9-10,12-13H,2-8,11,14-15H2,1H3,(H,21,22). The predicted octanol–water partition coefficient (Wildman–Crippen LogP) is 5.14. The second-order valence-corrected chi connectivity index (χ2v) is 6.34. The maximum atomic E-state index is 10.6. The van der Waals surface area contributed by atoms with E-state index in [1.807, 2.05) is 24.3 Å². The lowest BCUT2D eigenvalue weighted by Gasteiger charge is -2.21. The molecule has 0 aromatic heterocycles. The van der Waals surface area contributed by atoms with Crippen LogP contribution in [0.25, 0.3) is 0 Å². The van der Waals surface area contributed by atoms with Crippen molar-refractivity contribution in [2.45, 2.75) is 64.7 Å². The Morgan fingerprint density at radius 3 is 2.43 bits per heavy atom. The number of aryl methyl sites for hydroxylation is 1. The minimum Gasteiger partial charge on any atom is -0.489 e. The molecule has 1 aliphatic rings. The zero-order chi connectivity index (χ0) is 16.5. The third-order valence-electron chi connectivity index (χ3n) is 4.50. The third kappa shape index (κ3) is 6.09. The Hall–Kier alpha value is -1.77. The van der Waals surface area contributed by atoms with Crippen molar-refractivity contribution in [2.24, 2.45) is 0 Å². The van der Waals surface area contributed by atoms with Crippen LogP contribution in [-0.4, -0.2) is 17.7 Å². The topological polar surface area (TPSA) is 46.5 Å². The molecule has 3 nitrogen and oxygen atoms in total. The fourth-order valence-corrected chi connectivity index (χ4v) is 3.07. The molecular formula is C20H28O3. The van der Waals surface area contributed by atoms with E-state index in [9.17, 15) is 4.79 Å². The minimum atomic E-state index is -0.755. The van der Waals surface area contributed by atoms with Gasteiger partial charge >= 0.3 is 5.97 Å². The number of hydrogen-bond acceptors (Lipinski definition) is 2. The van der Waals surface area contributed by atoms with Gasteiger partial charge in [0, 0.05) is 6.42 Å². The van der Waals surface area contributed by atoms with Crippen LogP contribution in [0.3, 0.4) is 0 Å². The fourth-order valence-electron chi connectivity index (χ4n) is 3.07. The summed E-state index contributed by atoms with van der Waals surface area (Å²) in [6.45, 7) is 2.94. The zero-order valence-corrected chi connectivity index (χ0v) is 14.1. The van der Waals surface area contributed by atoms with Gasteiger partial charge in [0.1, 0.15) is 12.4 Å². The highest BCUT2D eigenvalue weighted by molar-refractivity contribution is 5.67.